The zero-order chi connectivity index (χ0) is 15.3. The zero-order valence-electron chi connectivity index (χ0n) is 10.7. The predicted octanol–water partition coefficient (Wildman–Crippen LogP) is 3.51. The monoisotopic (exact) mass is 363 g/mol. The van der Waals surface area contributed by atoms with Crippen LogP contribution >= 0.6 is 27.5 Å². The number of nitro benzene ring substituents is 1. The Bertz CT molecular complexity index is 573. The Hall–Kier alpha value is -1.60. The van der Waals surface area contributed by atoms with Gasteiger partial charge in [0, 0.05) is 16.7 Å². The van der Waals surface area contributed by atoms with Crippen LogP contribution in [0.25, 0.3) is 0 Å². The molecular weight excluding hydrogens is 353 g/mol. The number of carbonyl (C=O) groups is 1. The SMILES string of the molecule is COC(=O)C(C)=CCOc1c(Br)cc(Cl)cc1[N+](=O)[O-]. The molecule has 0 fully saturated rings. The first-order valence-corrected chi connectivity index (χ1v) is 6.55. The molecule has 0 atom stereocenters. The van der Waals surface area contributed by atoms with Crippen molar-refractivity contribution < 1.29 is 19.2 Å². The molecule has 6 nitrogen and oxygen atoms in total. The van der Waals surface area contributed by atoms with Crippen LogP contribution in [0.4, 0.5) is 5.69 Å². The third kappa shape index (κ3) is 4.21. The highest BCUT2D eigenvalue weighted by molar-refractivity contribution is 9.10. The molecule has 0 N–H and O–H groups in total. The van der Waals surface area contributed by atoms with E-state index < -0.39 is 10.9 Å². The van der Waals surface area contributed by atoms with Gasteiger partial charge in [0.15, 0.2) is 0 Å². The van der Waals surface area contributed by atoms with Gasteiger partial charge in [-0.05, 0) is 35.0 Å². The number of nitrogens with zero attached hydrogens (tertiary/aromatic N) is 1. The lowest BCUT2D eigenvalue weighted by Gasteiger charge is -2.07. The van der Waals surface area contributed by atoms with E-state index in [-0.39, 0.29) is 23.1 Å². The summed E-state index contributed by atoms with van der Waals surface area (Å²) >= 11 is 8.90. The molecule has 0 radical (unpaired) electrons. The standard InChI is InChI=1S/C12H11BrClNO5/c1-7(12(16)19-2)3-4-20-11-9(13)5-8(14)6-10(11)15(17)18/h3,5-6H,4H2,1-2H3. The normalized spacial score (nSPS) is 11.1. The molecule has 0 saturated carbocycles. The molecule has 0 aliphatic rings. The Balaban J connectivity index is 2.93. The lowest BCUT2D eigenvalue weighted by Crippen LogP contribution is -2.05. The first-order chi connectivity index (χ1) is 9.36. The van der Waals surface area contributed by atoms with E-state index in [1.165, 1.54) is 25.3 Å². The lowest BCUT2D eigenvalue weighted by atomic mass is 10.3. The van der Waals surface area contributed by atoms with Crippen molar-refractivity contribution >= 4 is 39.2 Å². The number of hydrogen-bond acceptors (Lipinski definition) is 5. The Morgan fingerprint density at radius 1 is 1.55 bits per heavy atom. The molecule has 0 amide bonds. The third-order valence-electron chi connectivity index (χ3n) is 2.31. The fraction of sp³-hybridized carbons (Fsp3) is 0.250. The van der Waals surface area contributed by atoms with E-state index in [1.807, 2.05) is 0 Å². The van der Waals surface area contributed by atoms with Crippen LogP contribution in [0.2, 0.25) is 5.02 Å². The molecule has 0 heterocycles. The number of halogens is 2. The van der Waals surface area contributed by atoms with E-state index in [2.05, 4.69) is 20.7 Å². The maximum Gasteiger partial charge on any atom is 0.333 e. The van der Waals surface area contributed by atoms with Gasteiger partial charge in [-0.2, -0.15) is 0 Å². The minimum atomic E-state index is -0.594. The molecule has 20 heavy (non-hydrogen) atoms. The fourth-order valence-corrected chi connectivity index (χ4v) is 2.23. The van der Waals surface area contributed by atoms with Crippen molar-refractivity contribution in [3.05, 3.63) is 43.4 Å². The highest BCUT2D eigenvalue weighted by Crippen LogP contribution is 2.37. The number of nitro groups is 1. The van der Waals surface area contributed by atoms with Crippen LogP contribution in [0.3, 0.4) is 0 Å². The van der Waals surface area contributed by atoms with E-state index >= 15 is 0 Å². The summed E-state index contributed by atoms with van der Waals surface area (Å²) < 4.78 is 10.2. The molecule has 0 unspecified atom stereocenters. The smallest absolute Gasteiger partial charge is 0.333 e. The number of ether oxygens (including phenoxy) is 2. The molecule has 1 aromatic carbocycles. The molecule has 0 aliphatic carbocycles. The second kappa shape index (κ2) is 7.25. The molecule has 1 rings (SSSR count). The Morgan fingerprint density at radius 2 is 2.20 bits per heavy atom. The molecular formula is C12H11BrClNO5. The second-order valence-electron chi connectivity index (χ2n) is 3.68. The highest BCUT2D eigenvalue weighted by Gasteiger charge is 2.19. The van der Waals surface area contributed by atoms with Gasteiger partial charge < -0.3 is 9.47 Å². The van der Waals surface area contributed by atoms with Crippen LogP contribution in [-0.4, -0.2) is 24.6 Å². The van der Waals surface area contributed by atoms with Gasteiger partial charge in [0.05, 0.1) is 16.5 Å². The minimum absolute atomic E-state index is 0.0119. The van der Waals surface area contributed by atoms with Crippen LogP contribution in [-0.2, 0) is 9.53 Å². The van der Waals surface area contributed by atoms with Crippen molar-refractivity contribution in [2.24, 2.45) is 0 Å². The highest BCUT2D eigenvalue weighted by atomic mass is 79.9. The fourth-order valence-electron chi connectivity index (χ4n) is 1.32. The largest absolute Gasteiger partial charge is 0.482 e. The van der Waals surface area contributed by atoms with Gasteiger partial charge in [-0.25, -0.2) is 4.79 Å². The van der Waals surface area contributed by atoms with Crippen LogP contribution in [0.15, 0.2) is 28.3 Å². The average Bonchev–Trinajstić information content (AvgIpc) is 2.39. The van der Waals surface area contributed by atoms with Gasteiger partial charge in [0.1, 0.15) is 6.61 Å². The summed E-state index contributed by atoms with van der Waals surface area (Å²) in [5, 5.41) is 11.2. The lowest BCUT2D eigenvalue weighted by molar-refractivity contribution is -0.385. The summed E-state index contributed by atoms with van der Waals surface area (Å²) in [7, 11) is 1.27. The van der Waals surface area contributed by atoms with Gasteiger partial charge >= 0.3 is 11.7 Å². The van der Waals surface area contributed by atoms with Crippen molar-refractivity contribution in [2.75, 3.05) is 13.7 Å². The van der Waals surface area contributed by atoms with E-state index in [1.54, 1.807) is 6.92 Å². The Labute approximate surface area is 128 Å². The number of hydrogen-bond donors (Lipinski definition) is 0. The molecule has 0 saturated heterocycles. The minimum Gasteiger partial charge on any atom is -0.482 e. The molecule has 0 spiro atoms. The molecule has 0 aliphatic heterocycles. The van der Waals surface area contributed by atoms with Crippen LogP contribution in [0.5, 0.6) is 5.75 Å². The topological polar surface area (TPSA) is 78.7 Å². The maximum absolute atomic E-state index is 11.2. The molecule has 1 aromatic rings. The van der Waals surface area contributed by atoms with Gasteiger partial charge in [0.25, 0.3) is 0 Å². The third-order valence-corrected chi connectivity index (χ3v) is 3.12. The van der Waals surface area contributed by atoms with Crippen molar-refractivity contribution in [2.45, 2.75) is 6.92 Å². The number of benzene rings is 1. The van der Waals surface area contributed by atoms with Crippen LogP contribution < -0.4 is 4.74 Å². The molecule has 0 aromatic heterocycles. The summed E-state index contributed by atoms with van der Waals surface area (Å²) in [6.45, 7) is 1.54. The number of rotatable bonds is 5. The maximum atomic E-state index is 11.2. The summed E-state index contributed by atoms with van der Waals surface area (Å²) in [5.74, 6) is -0.438. The average molecular weight is 365 g/mol. The van der Waals surface area contributed by atoms with Gasteiger partial charge in [-0.1, -0.05) is 11.6 Å². The first kappa shape index (κ1) is 16.5. The van der Waals surface area contributed by atoms with E-state index in [0.717, 1.165) is 0 Å². The molecule has 8 heteroatoms. The summed E-state index contributed by atoms with van der Waals surface area (Å²) in [4.78, 5) is 21.5. The van der Waals surface area contributed by atoms with Crippen molar-refractivity contribution in [1.29, 1.82) is 0 Å². The van der Waals surface area contributed by atoms with Crippen LogP contribution in [0.1, 0.15) is 6.92 Å². The summed E-state index contributed by atoms with van der Waals surface area (Å²) in [6.07, 6.45) is 1.47. The quantitative estimate of drug-likeness (QED) is 0.346. The Kier molecular flexibility index (Phi) is 5.97. The predicted molar refractivity (Wildman–Crippen MR) is 77.1 cm³/mol. The second-order valence-corrected chi connectivity index (χ2v) is 4.97. The van der Waals surface area contributed by atoms with Gasteiger partial charge in [-0.3, -0.25) is 10.1 Å². The van der Waals surface area contributed by atoms with Gasteiger partial charge in [0.2, 0.25) is 5.75 Å². The van der Waals surface area contributed by atoms with E-state index in [4.69, 9.17) is 16.3 Å². The number of methoxy groups -OCH3 is 1. The molecule has 108 valence electrons. The first-order valence-electron chi connectivity index (χ1n) is 5.38. The summed E-state index contributed by atoms with van der Waals surface area (Å²) in [6, 6.07) is 2.68. The van der Waals surface area contributed by atoms with Crippen molar-refractivity contribution in [3.8, 4) is 5.75 Å². The van der Waals surface area contributed by atoms with Gasteiger partial charge in [-0.15, -0.1) is 0 Å². The number of carbonyl (C=O) groups excluding carboxylic acids is 1. The van der Waals surface area contributed by atoms with Crippen molar-refractivity contribution in [1.82, 2.24) is 0 Å². The number of esters is 1. The molecule has 0 bridgehead atoms. The van der Waals surface area contributed by atoms with Crippen molar-refractivity contribution in [3.63, 3.8) is 0 Å². The Morgan fingerprint density at radius 3 is 2.75 bits per heavy atom. The zero-order valence-corrected chi connectivity index (χ0v) is 13.0. The van der Waals surface area contributed by atoms with E-state index in [0.29, 0.717) is 10.0 Å². The van der Waals surface area contributed by atoms with E-state index in [9.17, 15) is 14.9 Å². The summed E-state index contributed by atoms with van der Waals surface area (Å²) in [5.41, 5.74) is 0.0914. The van der Waals surface area contributed by atoms with Crippen LogP contribution in [0, 0.1) is 10.1 Å².